The normalized spacial score (nSPS) is 22.4. The molecule has 1 amide bonds. The van der Waals surface area contributed by atoms with Crippen molar-refractivity contribution in [2.75, 3.05) is 20.8 Å². The molecule has 0 saturated heterocycles. The summed E-state index contributed by atoms with van der Waals surface area (Å²) in [6.07, 6.45) is 3.24. The quantitative estimate of drug-likeness (QED) is 0.761. The third-order valence-electron chi connectivity index (χ3n) is 5.06. The number of carbonyl (C=O) groups excluding carboxylic acids is 2. The average molecular weight is 384 g/mol. The first-order chi connectivity index (χ1) is 12.4. The third-order valence-corrected chi connectivity index (χ3v) is 5.34. The Morgan fingerprint density at radius 2 is 1.92 bits per heavy atom. The molecule has 0 bridgehead atoms. The molecule has 0 aromatic heterocycles. The van der Waals surface area contributed by atoms with Gasteiger partial charge in [-0.15, -0.1) is 0 Å². The van der Waals surface area contributed by atoms with Crippen molar-refractivity contribution in [1.82, 2.24) is 5.32 Å². The highest BCUT2D eigenvalue weighted by molar-refractivity contribution is 6.32. The number of ether oxygens (including phenoxy) is 3. The lowest BCUT2D eigenvalue weighted by Gasteiger charge is -2.34. The molecule has 144 valence electrons. The molecule has 1 aliphatic rings. The summed E-state index contributed by atoms with van der Waals surface area (Å²) in [5.74, 6) is 0.702. The van der Waals surface area contributed by atoms with Crippen LogP contribution in [-0.2, 0) is 9.53 Å². The van der Waals surface area contributed by atoms with Gasteiger partial charge in [0.05, 0.1) is 24.8 Å². The Hall–Kier alpha value is -1.95. The lowest BCUT2D eigenvalue weighted by atomic mass is 9.78. The van der Waals surface area contributed by atoms with Crippen LogP contribution in [0.3, 0.4) is 0 Å². The number of rotatable bonds is 6. The molecule has 1 N–H and O–H groups in total. The summed E-state index contributed by atoms with van der Waals surface area (Å²) in [7, 11) is 2.91. The van der Waals surface area contributed by atoms with Crippen LogP contribution < -0.4 is 14.8 Å². The predicted molar refractivity (Wildman–Crippen MR) is 98.9 cm³/mol. The second kappa shape index (κ2) is 9.12. The van der Waals surface area contributed by atoms with Crippen molar-refractivity contribution in [3.8, 4) is 11.5 Å². The minimum Gasteiger partial charge on any atom is -0.493 e. The van der Waals surface area contributed by atoms with E-state index in [0.717, 1.165) is 12.8 Å². The molecule has 0 heterocycles. The van der Waals surface area contributed by atoms with E-state index in [-0.39, 0.29) is 29.1 Å². The van der Waals surface area contributed by atoms with Gasteiger partial charge in [-0.2, -0.15) is 0 Å². The van der Waals surface area contributed by atoms with Crippen molar-refractivity contribution < 1.29 is 23.8 Å². The van der Waals surface area contributed by atoms with Gasteiger partial charge in [0.25, 0.3) is 5.91 Å². The summed E-state index contributed by atoms with van der Waals surface area (Å²) in [5, 5.41) is 3.20. The highest BCUT2D eigenvalue weighted by Gasteiger charge is 2.28. The van der Waals surface area contributed by atoms with Gasteiger partial charge in [0.15, 0.2) is 18.1 Å². The van der Waals surface area contributed by atoms with Gasteiger partial charge in [-0.1, -0.05) is 38.3 Å². The van der Waals surface area contributed by atoms with E-state index in [4.69, 9.17) is 25.8 Å². The molecule has 6 nitrogen and oxygen atoms in total. The van der Waals surface area contributed by atoms with Gasteiger partial charge in [-0.3, -0.25) is 4.79 Å². The second-order valence-corrected chi connectivity index (χ2v) is 7.12. The molecule has 0 aliphatic heterocycles. The van der Waals surface area contributed by atoms with Gasteiger partial charge in [-0.25, -0.2) is 4.79 Å². The fourth-order valence-electron chi connectivity index (χ4n) is 3.28. The summed E-state index contributed by atoms with van der Waals surface area (Å²) in [4.78, 5) is 24.4. The largest absolute Gasteiger partial charge is 0.493 e. The number of halogens is 1. The lowest BCUT2D eigenvalue weighted by Crippen LogP contribution is -2.45. The number of carbonyl (C=O) groups is 2. The van der Waals surface area contributed by atoms with Crippen LogP contribution in [0, 0.1) is 11.8 Å². The van der Waals surface area contributed by atoms with Gasteiger partial charge in [0, 0.05) is 6.04 Å². The zero-order valence-electron chi connectivity index (χ0n) is 15.6. The molecule has 1 aromatic carbocycles. The van der Waals surface area contributed by atoms with Gasteiger partial charge in [-0.05, 0) is 30.4 Å². The Labute approximate surface area is 159 Å². The molecule has 1 fully saturated rings. The van der Waals surface area contributed by atoms with E-state index in [1.807, 2.05) is 0 Å². The predicted octanol–water partition coefficient (Wildman–Crippen LogP) is 3.45. The SMILES string of the molecule is COc1cc(C(=O)OCC(=O)NC2CCCC(C)C2C)cc(Cl)c1OC. The first kappa shape index (κ1) is 20.4. The van der Waals surface area contributed by atoms with E-state index in [1.54, 1.807) is 0 Å². The average Bonchev–Trinajstić information content (AvgIpc) is 2.62. The standard InChI is InChI=1S/C19H26ClNO5/c1-11-6-5-7-15(12(11)2)21-17(22)10-26-19(23)13-8-14(20)18(25-4)16(9-13)24-3/h8-9,11-12,15H,5-7,10H2,1-4H3,(H,21,22). The summed E-state index contributed by atoms with van der Waals surface area (Å²) in [6, 6.07) is 3.02. The lowest BCUT2D eigenvalue weighted by molar-refractivity contribution is -0.125. The molecule has 1 aliphatic carbocycles. The van der Waals surface area contributed by atoms with Crippen LogP contribution in [0.25, 0.3) is 0 Å². The van der Waals surface area contributed by atoms with E-state index in [0.29, 0.717) is 23.3 Å². The number of amides is 1. The van der Waals surface area contributed by atoms with Gasteiger partial charge in [0.2, 0.25) is 0 Å². The molecule has 26 heavy (non-hydrogen) atoms. The Balaban J connectivity index is 1.94. The molecule has 3 atom stereocenters. The Morgan fingerprint density at radius 1 is 1.19 bits per heavy atom. The highest BCUT2D eigenvalue weighted by atomic mass is 35.5. The monoisotopic (exact) mass is 383 g/mol. The van der Waals surface area contributed by atoms with Gasteiger partial charge < -0.3 is 19.5 Å². The number of hydrogen-bond acceptors (Lipinski definition) is 5. The topological polar surface area (TPSA) is 73.9 Å². The fourth-order valence-corrected chi connectivity index (χ4v) is 3.57. The van der Waals surface area contributed by atoms with Crippen LogP contribution >= 0.6 is 11.6 Å². The summed E-state index contributed by atoms with van der Waals surface area (Å²) in [6.45, 7) is 4.01. The van der Waals surface area contributed by atoms with E-state index >= 15 is 0 Å². The van der Waals surface area contributed by atoms with E-state index in [1.165, 1.54) is 32.8 Å². The zero-order chi connectivity index (χ0) is 19.3. The minimum atomic E-state index is -0.645. The summed E-state index contributed by atoms with van der Waals surface area (Å²) in [5.41, 5.74) is 0.195. The van der Waals surface area contributed by atoms with Crippen molar-refractivity contribution in [3.05, 3.63) is 22.7 Å². The van der Waals surface area contributed by atoms with Crippen LogP contribution in [0.4, 0.5) is 0 Å². The summed E-state index contributed by atoms with van der Waals surface area (Å²) < 4.78 is 15.4. The molecule has 1 aromatic rings. The fraction of sp³-hybridized carbons (Fsp3) is 0.579. The Kier molecular flexibility index (Phi) is 7.14. The van der Waals surface area contributed by atoms with E-state index < -0.39 is 5.97 Å². The number of nitrogens with one attached hydrogen (secondary N) is 1. The van der Waals surface area contributed by atoms with E-state index in [9.17, 15) is 9.59 Å². The van der Waals surface area contributed by atoms with Crippen LogP contribution in [0.5, 0.6) is 11.5 Å². The second-order valence-electron chi connectivity index (χ2n) is 6.71. The Morgan fingerprint density at radius 3 is 2.58 bits per heavy atom. The van der Waals surface area contributed by atoms with Crippen molar-refractivity contribution in [2.45, 2.75) is 39.2 Å². The molecule has 0 radical (unpaired) electrons. The molecular weight excluding hydrogens is 358 g/mol. The molecule has 1 saturated carbocycles. The smallest absolute Gasteiger partial charge is 0.338 e. The number of hydrogen-bond donors (Lipinski definition) is 1. The zero-order valence-corrected chi connectivity index (χ0v) is 16.4. The summed E-state index contributed by atoms with van der Waals surface area (Å²) >= 11 is 6.09. The van der Waals surface area contributed by atoms with Crippen LogP contribution in [-0.4, -0.2) is 38.7 Å². The number of esters is 1. The molecule has 3 unspecified atom stereocenters. The first-order valence-electron chi connectivity index (χ1n) is 8.75. The highest BCUT2D eigenvalue weighted by Crippen LogP contribution is 2.36. The van der Waals surface area contributed by atoms with Crippen LogP contribution in [0.1, 0.15) is 43.5 Å². The first-order valence-corrected chi connectivity index (χ1v) is 9.13. The maximum Gasteiger partial charge on any atom is 0.338 e. The minimum absolute atomic E-state index is 0.125. The van der Waals surface area contributed by atoms with Crippen molar-refractivity contribution >= 4 is 23.5 Å². The molecule has 0 spiro atoms. The molecule has 7 heteroatoms. The van der Waals surface area contributed by atoms with Gasteiger partial charge in [0.1, 0.15) is 0 Å². The number of benzene rings is 1. The van der Waals surface area contributed by atoms with Crippen molar-refractivity contribution in [2.24, 2.45) is 11.8 Å². The van der Waals surface area contributed by atoms with Gasteiger partial charge >= 0.3 is 5.97 Å². The van der Waals surface area contributed by atoms with Crippen LogP contribution in [0.15, 0.2) is 12.1 Å². The molecule has 2 rings (SSSR count). The maximum absolute atomic E-state index is 12.2. The third kappa shape index (κ3) is 4.81. The molecular formula is C19H26ClNO5. The number of methoxy groups -OCH3 is 2. The van der Waals surface area contributed by atoms with Crippen molar-refractivity contribution in [1.29, 1.82) is 0 Å². The maximum atomic E-state index is 12.2. The van der Waals surface area contributed by atoms with Crippen molar-refractivity contribution in [3.63, 3.8) is 0 Å². The van der Waals surface area contributed by atoms with Crippen LogP contribution in [0.2, 0.25) is 5.02 Å². The van der Waals surface area contributed by atoms with E-state index in [2.05, 4.69) is 19.2 Å². The Bertz CT molecular complexity index is 664.